The summed E-state index contributed by atoms with van der Waals surface area (Å²) in [7, 11) is 1.54. The molecule has 2 aliphatic rings. The molecule has 4 heterocycles. The van der Waals surface area contributed by atoms with Crippen LogP contribution in [0.3, 0.4) is 0 Å². The first-order chi connectivity index (χ1) is 16.9. The van der Waals surface area contributed by atoms with Gasteiger partial charge in [0.15, 0.2) is 5.13 Å². The Balaban J connectivity index is 1.38. The molecule has 1 fully saturated rings. The first-order valence-electron chi connectivity index (χ1n) is 10.9. The summed E-state index contributed by atoms with van der Waals surface area (Å²) in [6.45, 7) is 0.340. The minimum absolute atomic E-state index is 0.00962. The van der Waals surface area contributed by atoms with Gasteiger partial charge in [-0.1, -0.05) is 6.07 Å². The van der Waals surface area contributed by atoms with Crippen molar-refractivity contribution < 1.29 is 23.5 Å². The zero-order valence-corrected chi connectivity index (χ0v) is 19.5. The molecule has 1 saturated heterocycles. The summed E-state index contributed by atoms with van der Waals surface area (Å²) in [4.78, 5) is 44.6. The molecule has 3 N–H and O–H groups in total. The number of thiazole rings is 1. The third-order valence-corrected chi connectivity index (χ3v) is 7.29. The number of amides is 3. The van der Waals surface area contributed by atoms with Gasteiger partial charge in [-0.05, 0) is 42.0 Å². The van der Waals surface area contributed by atoms with E-state index in [0.29, 0.717) is 34.3 Å². The number of nitrogens with two attached hydrogens (primary N) is 1. The maximum Gasteiger partial charge on any atom is 0.254 e. The topological polar surface area (TPSA) is 128 Å². The van der Waals surface area contributed by atoms with Gasteiger partial charge >= 0.3 is 0 Å². The molecular weight excluding hydrogens is 468 g/mol. The fourth-order valence-corrected chi connectivity index (χ4v) is 5.40. The van der Waals surface area contributed by atoms with E-state index in [-0.39, 0.29) is 18.9 Å². The number of furan rings is 1. The Morgan fingerprint density at radius 1 is 1.20 bits per heavy atom. The minimum Gasteiger partial charge on any atom is -0.497 e. The fraction of sp³-hybridized carbons (Fsp3) is 0.200. The zero-order valence-electron chi connectivity index (χ0n) is 18.7. The van der Waals surface area contributed by atoms with Gasteiger partial charge in [0.2, 0.25) is 11.8 Å². The van der Waals surface area contributed by atoms with Crippen molar-refractivity contribution in [1.29, 1.82) is 0 Å². The molecule has 35 heavy (non-hydrogen) atoms. The molecule has 0 radical (unpaired) electrons. The summed E-state index contributed by atoms with van der Waals surface area (Å²) < 4.78 is 11.4. The number of fused-ring (bicyclic) bond motifs is 2. The SMILES string of the molecule is COc1ccc2c(c1)C(=O)N(C[C@@]1(c3cc4cc(-c5csc(N)n5)ccc4o3)CC(=O)NC1=O)C2. The van der Waals surface area contributed by atoms with Gasteiger partial charge in [-0.3, -0.25) is 19.7 Å². The van der Waals surface area contributed by atoms with E-state index in [2.05, 4.69) is 10.3 Å². The molecular formula is C25H20N4O5S. The lowest BCUT2D eigenvalue weighted by atomic mass is 9.82. The summed E-state index contributed by atoms with van der Waals surface area (Å²) in [5.74, 6) is -0.176. The Hall–Kier alpha value is -4.18. The number of hydrogen-bond donors (Lipinski definition) is 2. The van der Waals surface area contributed by atoms with Crippen LogP contribution < -0.4 is 15.8 Å². The molecule has 0 aliphatic carbocycles. The van der Waals surface area contributed by atoms with Crippen LogP contribution in [0.15, 0.2) is 52.3 Å². The van der Waals surface area contributed by atoms with Gasteiger partial charge in [0.05, 0.1) is 19.2 Å². The van der Waals surface area contributed by atoms with Crippen LogP contribution in [0.4, 0.5) is 5.13 Å². The summed E-state index contributed by atoms with van der Waals surface area (Å²) in [6, 6.07) is 12.7. The van der Waals surface area contributed by atoms with Crippen LogP contribution in [0, 0.1) is 0 Å². The van der Waals surface area contributed by atoms with E-state index in [4.69, 9.17) is 14.9 Å². The average molecular weight is 489 g/mol. The third kappa shape index (κ3) is 3.36. The predicted molar refractivity (Wildman–Crippen MR) is 129 cm³/mol. The van der Waals surface area contributed by atoms with Crippen molar-refractivity contribution >= 4 is 45.2 Å². The minimum atomic E-state index is -1.33. The van der Waals surface area contributed by atoms with Crippen LogP contribution in [-0.4, -0.2) is 41.3 Å². The first kappa shape index (κ1) is 21.4. The van der Waals surface area contributed by atoms with Crippen molar-refractivity contribution in [3.05, 3.63) is 64.7 Å². The van der Waals surface area contributed by atoms with Gasteiger partial charge in [-0.15, -0.1) is 11.3 Å². The second kappa shape index (κ2) is 7.67. The van der Waals surface area contributed by atoms with Gasteiger partial charge in [0, 0.05) is 35.0 Å². The molecule has 0 saturated carbocycles. The van der Waals surface area contributed by atoms with E-state index in [1.165, 1.54) is 11.3 Å². The van der Waals surface area contributed by atoms with Crippen molar-refractivity contribution in [1.82, 2.24) is 15.2 Å². The standard InChI is InChI=1S/C25H20N4O5S/c1-33-16-4-2-14-10-29(22(31)17(14)8-16)12-25(9-21(30)28-23(25)32)20-7-15-6-13(3-5-19(15)34-20)18-11-35-24(26)27-18/h2-8,11H,9-10,12H2,1H3,(H2,26,27)(H,28,30,32)/t25-/m1/s1. The zero-order chi connectivity index (χ0) is 24.3. The number of anilines is 1. The number of nitrogen functional groups attached to an aromatic ring is 1. The summed E-state index contributed by atoms with van der Waals surface area (Å²) in [5.41, 5.74) is 7.98. The van der Waals surface area contributed by atoms with E-state index in [9.17, 15) is 14.4 Å². The number of hydrogen-bond acceptors (Lipinski definition) is 8. The number of benzene rings is 2. The number of aromatic nitrogens is 1. The number of carbonyl (C=O) groups is 3. The first-order valence-corrected chi connectivity index (χ1v) is 11.8. The number of nitrogens with zero attached hydrogens (tertiary/aromatic N) is 2. The van der Waals surface area contributed by atoms with Crippen molar-refractivity contribution in [2.75, 3.05) is 19.4 Å². The number of rotatable bonds is 5. The lowest BCUT2D eigenvalue weighted by molar-refractivity contribution is -0.127. The van der Waals surface area contributed by atoms with Crippen LogP contribution in [0.1, 0.15) is 28.1 Å². The number of ether oxygens (including phenoxy) is 1. The van der Waals surface area contributed by atoms with Crippen LogP contribution >= 0.6 is 11.3 Å². The monoisotopic (exact) mass is 488 g/mol. The molecule has 2 aromatic carbocycles. The summed E-state index contributed by atoms with van der Waals surface area (Å²) >= 11 is 1.35. The lowest BCUT2D eigenvalue weighted by Gasteiger charge is -2.28. The molecule has 0 spiro atoms. The van der Waals surface area contributed by atoms with Crippen molar-refractivity contribution in [2.45, 2.75) is 18.4 Å². The van der Waals surface area contributed by atoms with Crippen LogP contribution in [0.5, 0.6) is 5.75 Å². The summed E-state index contributed by atoms with van der Waals surface area (Å²) in [5, 5.41) is 5.50. The number of nitrogens with one attached hydrogen (secondary N) is 1. The Bertz CT molecular complexity index is 1540. The highest BCUT2D eigenvalue weighted by Gasteiger charge is 2.53. The lowest BCUT2D eigenvalue weighted by Crippen LogP contribution is -2.46. The maximum atomic E-state index is 13.2. The maximum absolute atomic E-state index is 13.2. The molecule has 0 bridgehead atoms. The van der Waals surface area contributed by atoms with E-state index < -0.39 is 17.2 Å². The average Bonchev–Trinajstić information content (AvgIpc) is 3.60. The molecule has 1 atom stereocenters. The molecule has 176 valence electrons. The van der Waals surface area contributed by atoms with Crippen molar-refractivity contribution in [2.24, 2.45) is 0 Å². The normalized spacial score (nSPS) is 19.5. The number of imide groups is 1. The van der Waals surface area contributed by atoms with Gasteiger partial charge in [0.1, 0.15) is 22.5 Å². The highest BCUT2D eigenvalue weighted by Crippen LogP contribution is 2.40. The molecule has 4 aromatic rings. The molecule has 6 rings (SSSR count). The molecule has 0 unspecified atom stereocenters. The molecule has 10 heteroatoms. The fourth-order valence-electron chi connectivity index (χ4n) is 4.83. The Morgan fingerprint density at radius 3 is 2.77 bits per heavy atom. The van der Waals surface area contributed by atoms with Crippen LogP contribution in [0.25, 0.3) is 22.2 Å². The van der Waals surface area contributed by atoms with Crippen LogP contribution in [-0.2, 0) is 21.5 Å². The second-order valence-corrected chi connectivity index (χ2v) is 9.64. The molecule has 3 amide bonds. The summed E-state index contributed by atoms with van der Waals surface area (Å²) in [6.07, 6.45) is -0.107. The van der Waals surface area contributed by atoms with Crippen molar-refractivity contribution in [3.8, 4) is 17.0 Å². The van der Waals surface area contributed by atoms with E-state index >= 15 is 0 Å². The predicted octanol–water partition coefficient (Wildman–Crippen LogP) is 3.09. The van der Waals surface area contributed by atoms with E-state index in [0.717, 1.165) is 22.2 Å². The molecule has 9 nitrogen and oxygen atoms in total. The Kier molecular flexibility index (Phi) is 4.68. The highest BCUT2D eigenvalue weighted by atomic mass is 32.1. The molecule has 2 aliphatic heterocycles. The quantitative estimate of drug-likeness (QED) is 0.413. The second-order valence-electron chi connectivity index (χ2n) is 8.75. The Morgan fingerprint density at radius 2 is 2.06 bits per heavy atom. The van der Waals surface area contributed by atoms with Gasteiger partial charge in [-0.25, -0.2) is 4.98 Å². The van der Waals surface area contributed by atoms with E-state index in [1.54, 1.807) is 36.3 Å². The van der Waals surface area contributed by atoms with Crippen LogP contribution in [0.2, 0.25) is 0 Å². The van der Waals surface area contributed by atoms with Gasteiger partial charge in [-0.2, -0.15) is 0 Å². The molecule has 2 aromatic heterocycles. The largest absolute Gasteiger partial charge is 0.497 e. The van der Waals surface area contributed by atoms with E-state index in [1.807, 2.05) is 23.6 Å². The Labute approximate surface area is 203 Å². The third-order valence-electron chi connectivity index (χ3n) is 6.61. The number of carbonyl (C=O) groups excluding carboxylic acids is 3. The van der Waals surface area contributed by atoms with Crippen molar-refractivity contribution in [3.63, 3.8) is 0 Å². The van der Waals surface area contributed by atoms with Gasteiger partial charge < -0.3 is 19.8 Å². The van der Waals surface area contributed by atoms with Gasteiger partial charge in [0.25, 0.3) is 5.91 Å². The smallest absolute Gasteiger partial charge is 0.254 e. The highest BCUT2D eigenvalue weighted by molar-refractivity contribution is 7.13. The number of methoxy groups -OCH3 is 1.